The fourth-order valence-corrected chi connectivity index (χ4v) is 2.09. The summed E-state index contributed by atoms with van der Waals surface area (Å²) in [5.74, 6) is 0.801. The average Bonchev–Trinajstić information content (AvgIpc) is 2.40. The van der Waals surface area contributed by atoms with E-state index < -0.39 is 0 Å². The molecule has 1 aliphatic heterocycles. The maximum absolute atomic E-state index is 11.8. The molecule has 1 amide bonds. The molecule has 86 valence electrons. The number of fused-ring (bicyclic) bond motifs is 1. The lowest BCUT2D eigenvalue weighted by Gasteiger charge is -2.10. The van der Waals surface area contributed by atoms with Crippen LogP contribution in [0.3, 0.4) is 0 Å². The van der Waals surface area contributed by atoms with E-state index in [9.17, 15) is 4.79 Å². The third kappa shape index (κ3) is 2.22. The lowest BCUT2D eigenvalue weighted by atomic mass is 9.97. The maximum atomic E-state index is 11.8. The van der Waals surface area contributed by atoms with Gasteiger partial charge in [-0.3, -0.25) is 4.79 Å². The van der Waals surface area contributed by atoms with Crippen LogP contribution in [0.15, 0.2) is 12.3 Å². The van der Waals surface area contributed by atoms with Crippen molar-refractivity contribution in [2.75, 3.05) is 11.9 Å². The summed E-state index contributed by atoms with van der Waals surface area (Å²) in [6.07, 6.45) is 4.29. The van der Waals surface area contributed by atoms with Gasteiger partial charge in [0.05, 0.1) is 0 Å². The normalized spacial score (nSPS) is 19.9. The zero-order chi connectivity index (χ0) is 11.5. The van der Waals surface area contributed by atoms with Crippen molar-refractivity contribution in [3.05, 3.63) is 23.4 Å². The number of nitrogens with two attached hydrogens (primary N) is 1. The number of amides is 1. The third-order valence-electron chi connectivity index (χ3n) is 2.99. The number of carbonyl (C=O) groups excluding carboxylic acids is 1. The van der Waals surface area contributed by atoms with Crippen LogP contribution in [-0.2, 0) is 11.2 Å². The molecule has 1 aliphatic rings. The second-order valence-corrected chi connectivity index (χ2v) is 4.32. The molecule has 1 aromatic heterocycles. The fourth-order valence-electron chi connectivity index (χ4n) is 2.09. The number of nitrogens with zero attached hydrogens (tertiary/aromatic N) is 1. The molecule has 2 rings (SSSR count). The number of carbonyl (C=O) groups is 1. The van der Waals surface area contributed by atoms with Crippen LogP contribution < -0.4 is 11.1 Å². The van der Waals surface area contributed by atoms with Gasteiger partial charge in [0.1, 0.15) is 5.82 Å². The van der Waals surface area contributed by atoms with Crippen molar-refractivity contribution in [1.82, 2.24) is 4.98 Å². The minimum absolute atomic E-state index is 0.0273. The van der Waals surface area contributed by atoms with Gasteiger partial charge in [0, 0.05) is 12.1 Å². The largest absolute Gasteiger partial charge is 0.330 e. The van der Waals surface area contributed by atoms with Gasteiger partial charge in [-0.2, -0.15) is 0 Å². The number of hydrogen-bond acceptors (Lipinski definition) is 3. The first-order valence-electron chi connectivity index (χ1n) is 5.67. The summed E-state index contributed by atoms with van der Waals surface area (Å²) < 4.78 is 0. The van der Waals surface area contributed by atoms with Gasteiger partial charge in [-0.05, 0) is 43.9 Å². The van der Waals surface area contributed by atoms with E-state index in [1.54, 1.807) is 6.20 Å². The SMILES string of the molecule is Cc1cnc2c(c1)CCC(CCN)C(=O)N2. The zero-order valence-electron chi connectivity index (χ0n) is 9.49. The lowest BCUT2D eigenvalue weighted by Crippen LogP contribution is -2.24. The van der Waals surface area contributed by atoms with Crippen molar-refractivity contribution < 1.29 is 4.79 Å². The Balaban J connectivity index is 2.22. The predicted octanol–water partition coefficient (Wildman–Crippen LogP) is 1.24. The molecular weight excluding hydrogens is 202 g/mol. The number of nitrogens with one attached hydrogen (secondary N) is 1. The molecule has 0 spiro atoms. The van der Waals surface area contributed by atoms with Gasteiger partial charge in [0.25, 0.3) is 0 Å². The van der Waals surface area contributed by atoms with Crippen LogP contribution in [0.4, 0.5) is 5.82 Å². The Morgan fingerprint density at radius 3 is 3.19 bits per heavy atom. The van der Waals surface area contributed by atoms with Gasteiger partial charge < -0.3 is 11.1 Å². The highest BCUT2D eigenvalue weighted by Gasteiger charge is 2.23. The van der Waals surface area contributed by atoms with Gasteiger partial charge in [0.15, 0.2) is 0 Å². The maximum Gasteiger partial charge on any atom is 0.228 e. The first-order valence-corrected chi connectivity index (χ1v) is 5.67. The van der Waals surface area contributed by atoms with E-state index >= 15 is 0 Å². The first-order chi connectivity index (χ1) is 7.70. The second kappa shape index (κ2) is 4.61. The number of hydrogen-bond donors (Lipinski definition) is 2. The Morgan fingerprint density at radius 2 is 2.44 bits per heavy atom. The minimum Gasteiger partial charge on any atom is -0.330 e. The van der Waals surface area contributed by atoms with Crippen LogP contribution in [0, 0.1) is 12.8 Å². The van der Waals surface area contributed by atoms with Crippen LogP contribution in [0.5, 0.6) is 0 Å². The topological polar surface area (TPSA) is 68.0 Å². The molecule has 0 bridgehead atoms. The van der Waals surface area contributed by atoms with Crippen molar-refractivity contribution in [2.24, 2.45) is 11.7 Å². The van der Waals surface area contributed by atoms with Gasteiger partial charge >= 0.3 is 0 Å². The standard InChI is InChI=1S/C12H17N3O/c1-8-6-10-3-2-9(4-5-13)12(16)15-11(10)14-7-8/h6-7,9H,2-5,13H2,1H3,(H,14,15,16). The molecule has 1 unspecified atom stereocenters. The van der Waals surface area contributed by atoms with Crippen LogP contribution in [-0.4, -0.2) is 17.4 Å². The Labute approximate surface area is 95.3 Å². The van der Waals surface area contributed by atoms with Gasteiger partial charge in [-0.15, -0.1) is 0 Å². The summed E-state index contributed by atoms with van der Waals surface area (Å²) >= 11 is 0. The second-order valence-electron chi connectivity index (χ2n) is 4.32. The number of pyridine rings is 1. The number of rotatable bonds is 2. The number of aryl methyl sites for hydroxylation is 2. The highest BCUT2D eigenvalue weighted by molar-refractivity contribution is 5.93. The van der Waals surface area contributed by atoms with E-state index in [4.69, 9.17) is 5.73 Å². The molecule has 1 aromatic rings. The molecule has 0 aliphatic carbocycles. The van der Waals surface area contributed by atoms with E-state index in [1.165, 1.54) is 0 Å². The molecule has 1 atom stereocenters. The Kier molecular flexibility index (Phi) is 3.19. The van der Waals surface area contributed by atoms with Crippen molar-refractivity contribution in [1.29, 1.82) is 0 Å². The fraction of sp³-hybridized carbons (Fsp3) is 0.500. The first kappa shape index (κ1) is 11.1. The molecule has 0 aromatic carbocycles. The minimum atomic E-state index is 0.0273. The lowest BCUT2D eigenvalue weighted by molar-refractivity contribution is -0.120. The highest BCUT2D eigenvalue weighted by atomic mass is 16.1. The van der Waals surface area contributed by atoms with Crippen molar-refractivity contribution in [3.8, 4) is 0 Å². The van der Waals surface area contributed by atoms with Crippen LogP contribution in [0.2, 0.25) is 0 Å². The summed E-state index contributed by atoms with van der Waals surface area (Å²) in [6.45, 7) is 2.57. The summed E-state index contributed by atoms with van der Waals surface area (Å²) in [7, 11) is 0. The van der Waals surface area contributed by atoms with E-state index in [0.29, 0.717) is 6.54 Å². The molecule has 2 heterocycles. The Hall–Kier alpha value is -1.42. The van der Waals surface area contributed by atoms with Crippen molar-refractivity contribution >= 4 is 11.7 Å². The summed E-state index contributed by atoms with van der Waals surface area (Å²) in [5, 5.41) is 2.88. The van der Waals surface area contributed by atoms with Gasteiger partial charge in [0.2, 0.25) is 5.91 Å². The van der Waals surface area contributed by atoms with E-state index in [2.05, 4.69) is 16.4 Å². The smallest absolute Gasteiger partial charge is 0.228 e. The van der Waals surface area contributed by atoms with Crippen molar-refractivity contribution in [2.45, 2.75) is 26.2 Å². The van der Waals surface area contributed by atoms with Crippen LogP contribution >= 0.6 is 0 Å². The number of aromatic nitrogens is 1. The number of anilines is 1. The van der Waals surface area contributed by atoms with Gasteiger partial charge in [-0.1, -0.05) is 6.07 Å². The van der Waals surface area contributed by atoms with E-state index in [1.807, 2.05) is 6.92 Å². The van der Waals surface area contributed by atoms with E-state index in [0.717, 1.165) is 36.2 Å². The summed E-state index contributed by atoms with van der Waals surface area (Å²) in [6, 6.07) is 2.09. The van der Waals surface area contributed by atoms with Gasteiger partial charge in [-0.25, -0.2) is 4.98 Å². The zero-order valence-corrected chi connectivity index (χ0v) is 9.49. The molecule has 0 fully saturated rings. The summed E-state index contributed by atoms with van der Waals surface area (Å²) in [4.78, 5) is 16.1. The molecule has 4 nitrogen and oxygen atoms in total. The Bertz CT molecular complexity index is 403. The van der Waals surface area contributed by atoms with Crippen molar-refractivity contribution in [3.63, 3.8) is 0 Å². The molecule has 16 heavy (non-hydrogen) atoms. The monoisotopic (exact) mass is 219 g/mol. The van der Waals surface area contributed by atoms with Crippen LogP contribution in [0.1, 0.15) is 24.0 Å². The van der Waals surface area contributed by atoms with E-state index in [-0.39, 0.29) is 11.8 Å². The predicted molar refractivity (Wildman–Crippen MR) is 63.1 cm³/mol. The molecule has 0 saturated carbocycles. The van der Waals surface area contributed by atoms with Crippen LogP contribution in [0.25, 0.3) is 0 Å². The Morgan fingerprint density at radius 1 is 1.62 bits per heavy atom. The molecule has 0 saturated heterocycles. The quantitative estimate of drug-likeness (QED) is 0.786. The molecule has 4 heteroatoms. The third-order valence-corrected chi connectivity index (χ3v) is 2.99. The molecular formula is C12H17N3O. The molecule has 0 radical (unpaired) electrons. The molecule has 3 N–H and O–H groups in total. The summed E-state index contributed by atoms with van der Waals surface area (Å²) in [5.41, 5.74) is 7.77. The highest BCUT2D eigenvalue weighted by Crippen LogP contribution is 2.24. The average molecular weight is 219 g/mol.